The summed E-state index contributed by atoms with van der Waals surface area (Å²) >= 11 is 5.87. The van der Waals surface area contributed by atoms with Gasteiger partial charge in [0.2, 0.25) is 0 Å². The summed E-state index contributed by atoms with van der Waals surface area (Å²) in [6.45, 7) is 5.58. The van der Waals surface area contributed by atoms with E-state index >= 15 is 0 Å². The van der Waals surface area contributed by atoms with Gasteiger partial charge in [-0.2, -0.15) is 5.10 Å². The lowest BCUT2D eigenvalue weighted by molar-refractivity contribution is 0.183. The summed E-state index contributed by atoms with van der Waals surface area (Å²) in [5.74, 6) is 0.864. The van der Waals surface area contributed by atoms with Crippen LogP contribution < -0.4 is 0 Å². The number of halogens is 1. The first-order valence-electron chi connectivity index (χ1n) is 6.44. The summed E-state index contributed by atoms with van der Waals surface area (Å²) in [6.07, 6.45) is 4.55. The molecule has 0 atom stereocenters. The molecule has 1 aliphatic rings. The van der Waals surface area contributed by atoms with Gasteiger partial charge in [-0.3, -0.25) is 4.90 Å². The molecule has 5 heteroatoms. The number of fused-ring (bicyclic) bond motifs is 1. The van der Waals surface area contributed by atoms with E-state index in [1.165, 1.54) is 25.9 Å². The molecule has 0 N–H and O–H groups in total. The van der Waals surface area contributed by atoms with Gasteiger partial charge in [0, 0.05) is 6.54 Å². The summed E-state index contributed by atoms with van der Waals surface area (Å²) in [6, 6.07) is 3.67. The van der Waals surface area contributed by atoms with Crippen LogP contribution in [0.4, 0.5) is 0 Å². The SMILES string of the molecule is CC1CCN(Cc2cn3nc(Cl)ccc3n2)CC1. The Morgan fingerprint density at radius 1 is 1.33 bits per heavy atom. The topological polar surface area (TPSA) is 33.4 Å². The largest absolute Gasteiger partial charge is 0.297 e. The zero-order chi connectivity index (χ0) is 12.5. The Balaban J connectivity index is 1.74. The van der Waals surface area contributed by atoms with Crippen molar-refractivity contribution in [2.45, 2.75) is 26.3 Å². The van der Waals surface area contributed by atoms with Crippen molar-refractivity contribution < 1.29 is 0 Å². The van der Waals surface area contributed by atoms with Crippen molar-refractivity contribution in [3.63, 3.8) is 0 Å². The third-order valence-corrected chi connectivity index (χ3v) is 3.80. The van der Waals surface area contributed by atoms with Crippen LogP contribution >= 0.6 is 11.6 Å². The van der Waals surface area contributed by atoms with E-state index < -0.39 is 0 Å². The molecule has 3 heterocycles. The first-order chi connectivity index (χ1) is 8.70. The number of aromatic nitrogens is 3. The standard InChI is InChI=1S/C13H17ClN4/c1-10-4-6-17(7-5-10)8-11-9-18-13(15-11)3-2-12(14)16-18/h2-3,9-10H,4-8H2,1H3. The lowest BCUT2D eigenvalue weighted by Crippen LogP contribution is -2.32. The molecule has 0 aliphatic carbocycles. The second kappa shape index (κ2) is 4.86. The first kappa shape index (κ1) is 11.9. The van der Waals surface area contributed by atoms with Crippen LogP contribution in [0.15, 0.2) is 18.3 Å². The maximum Gasteiger partial charge on any atom is 0.153 e. The monoisotopic (exact) mass is 264 g/mol. The van der Waals surface area contributed by atoms with Gasteiger partial charge in [-0.25, -0.2) is 9.50 Å². The molecule has 1 saturated heterocycles. The average molecular weight is 265 g/mol. The number of rotatable bonds is 2. The molecule has 2 aromatic rings. The van der Waals surface area contributed by atoms with Gasteiger partial charge in [0.15, 0.2) is 5.65 Å². The molecule has 4 nitrogen and oxygen atoms in total. The third-order valence-electron chi connectivity index (χ3n) is 3.60. The van der Waals surface area contributed by atoms with Gasteiger partial charge in [0.25, 0.3) is 0 Å². The van der Waals surface area contributed by atoms with Gasteiger partial charge in [-0.05, 0) is 44.0 Å². The highest BCUT2D eigenvalue weighted by molar-refractivity contribution is 6.29. The van der Waals surface area contributed by atoms with Crippen molar-refractivity contribution in [3.05, 3.63) is 29.2 Å². The maximum atomic E-state index is 5.87. The van der Waals surface area contributed by atoms with Gasteiger partial charge in [-0.1, -0.05) is 18.5 Å². The highest BCUT2D eigenvalue weighted by Gasteiger charge is 2.16. The van der Waals surface area contributed by atoms with Crippen molar-refractivity contribution in [2.24, 2.45) is 5.92 Å². The van der Waals surface area contributed by atoms with E-state index in [0.717, 1.165) is 23.8 Å². The van der Waals surface area contributed by atoms with Crippen LogP contribution in [0.2, 0.25) is 5.15 Å². The minimum atomic E-state index is 0.498. The number of hydrogen-bond acceptors (Lipinski definition) is 3. The van der Waals surface area contributed by atoms with Crippen LogP contribution in [-0.4, -0.2) is 32.6 Å². The summed E-state index contributed by atoms with van der Waals surface area (Å²) in [4.78, 5) is 7.03. The van der Waals surface area contributed by atoms with Crippen molar-refractivity contribution in [2.75, 3.05) is 13.1 Å². The van der Waals surface area contributed by atoms with E-state index in [-0.39, 0.29) is 0 Å². The molecular formula is C13H17ClN4. The van der Waals surface area contributed by atoms with Crippen LogP contribution in [-0.2, 0) is 6.54 Å². The summed E-state index contributed by atoms with van der Waals surface area (Å²) in [5, 5.41) is 4.70. The summed E-state index contributed by atoms with van der Waals surface area (Å²) in [5.41, 5.74) is 1.93. The molecule has 96 valence electrons. The van der Waals surface area contributed by atoms with Gasteiger partial charge in [0.05, 0.1) is 11.9 Å². The van der Waals surface area contributed by atoms with Gasteiger partial charge < -0.3 is 0 Å². The van der Waals surface area contributed by atoms with Gasteiger partial charge in [0.1, 0.15) is 5.15 Å². The fourth-order valence-electron chi connectivity index (χ4n) is 2.43. The molecule has 0 radical (unpaired) electrons. The number of hydrogen-bond donors (Lipinski definition) is 0. The van der Waals surface area contributed by atoms with Crippen LogP contribution in [0.5, 0.6) is 0 Å². The van der Waals surface area contributed by atoms with E-state index in [1.54, 1.807) is 10.6 Å². The Kier molecular flexibility index (Phi) is 3.22. The number of likely N-dealkylation sites (tertiary alicyclic amines) is 1. The summed E-state index contributed by atoms with van der Waals surface area (Å²) < 4.78 is 1.75. The Hall–Kier alpha value is -1.13. The predicted octanol–water partition coefficient (Wildman–Crippen LogP) is 2.61. The highest BCUT2D eigenvalue weighted by Crippen LogP contribution is 2.18. The fourth-order valence-corrected chi connectivity index (χ4v) is 2.58. The Bertz CT molecular complexity index is 543. The third kappa shape index (κ3) is 2.49. The van der Waals surface area contributed by atoms with E-state index in [0.29, 0.717) is 5.15 Å². The highest BCUT2D eigenvalue weighted by atomic mass is 35.5. The van der Waals surface area contributed by atoms with Crippen LogP contribution in [0.3, 0.4) is 0 Å². The minimum Gasteiger partial charge on any atom is -0.297 e. The molecule has 18 heavy (non-hydrogen) atoms. The lowest BCUT2D eigenvalue weighted by atomic mass is 9.99. The molecule has 0 spiro atoms. The molecule has 0 aromatic carbocycles. The van der Waals surface area contributed by atoms with Crippen molar-refractivity contribution in [1.29, 1.82) is 0 Å². The van der Waals surface area contributed by atoms with E-state index in [1.807, 2.05) is 12.3 Å². The van der Waals surface area contributed by atoms with Crippen LogP contribution in [0, 0.1) is 5.92 Å². The van der Waals surface area contributed by atoms with Crippen molar-refractivity contribution in [1.82, 2.24) is 19.5 Å². The van der Waals surface area contributed by atoms with Crippen molar-refractivity contribution >= 4 is 17.2 Å². The Morgan fingerprint density at radius 2 is 2.11 bits per heavy atom. The summed E-state index contributed by atoms with van der Waals surface area (Å²) in [7, 11) is 0. The van der Waals surface area contributed by atoms with Crippen LogP contribution in [0.1, 0.15) is 25.5 Å². The predicted molar refractivity (Wildman–Crippen MR) is 71.7 cm³/mol. The Labute approximate surface area is 112 Å². The van der Waals surface area contributed by atoms with Crippen LogP contribution in [0.25, 0.3) is 5.65 Å². The average Bonchev–Trinajstić information content (AvgIpc) is 2.73. The molecule has 3 rings (SSSR count). The lowest BCUT2D eigenvalue weighted by Gasteiger charge is -2.29. The molecule has 2 aromatic heterocycles. The second-order valence-corrected chi connectivity index (χ2v) is 5.54. The molecule has 0 amide bonds. The molecule has 1 fully saturated rings. The fraction of sp³-hybridized carbons (Fsp3) is 0.538. The molecule has 0 bridgehead atoms. The van der Waals surface area contributed by atoms with E-state index in [9.17, 15) is 0 Å². The van der Waals surface area contributed by atoms with Crippen molar-refractivity contribution in [3.8, 4) is 0 Å². The van der Waals surface area contributed by atoms with E-state index in [4.69, 9.17) is 11.6 Å². The van der Waals surface area contributed by atoms with Gasteiger partial charge in [-0.15, -0.1) is 0 Å². The smallest absolute Gasteiger partial charge is 0.153 e. The molecular weight excluding hydrogens is 248 g/mol. The zero-order valence-corrected chi connectivity index (χ0v) is 11.3. The molecule has 0 unspecified atom stereocenters. The number of piperidine rings is 1. The first-order valence-corrected chi connectivity index (χ1v) is 6.82. The minimum absolute atomic E-state index is 0.498. The maximum absolute atomic E-state index is 5.87. The zero-order valence-electron chi connectivity index (χ0n) is 10.5. The number of nitrogens with zero attached hydrogens (tertiary/aromatic N) is 4. The molecule has 1 aliphatic heterocycles. The van der Waals surface area contributed by atoms with Gasteiger partial charge >= 0.3 is 0 Å². The molecule has 0 saturated carbocycles. The second-order valence-electron chi connectivity index (χ2n) is 5.15. The Morgan fingerprint density at radius 3 is 2.89 bits per heavy atom. The quantitative estimate of drug-likeness (QED) is 0.836. The number of imidazole rings is 1. The normalized spacial score (nSPS) is 18.6. The van der Waals surface area contributed by atoms with E-state index in [2.05, 4.69) is 21.9 Å².